The summed E-state index contributed by atoms with van der Waals surface area (Å²) in [6.07, 6.45) is 9.06. The predicted octanol–water partition coefficient (Wildman–Crippen LogP) is 4.33. The van der Waals surface area contributed by atoms with Crippen LogP contribution in [0.25, 0.3) is 0 Å². The minimum Gasteiger partial charge on any atom is -0.245 e. The Morgan fingerprint density at radius 1 is 0.682 bits per heavy atom. The molecule has 0 aromatic rings. The van der Waals surface area contributed by atoms with E-state index in [4.69, 9.17) is 21.0 Å². The summed E-state index contributed by atoms with van der Waals surface area (Å²) in [5, 5.41) is 32.3. The molecule has 0 spiro atoms. The summed E-state index contributed by atoms with van der Waals surface area (Å²) in [6, 6.07) is 0. The molecule has 0 N–H and O–H groups in total. The van der Waals surface area contributed by atoms with E-state index in [0.29, 0.717) is 0 Å². The summed E-state index contributed by atoms with van der Waals surface area (Å²) in [5.74, 6) is 5.38. The first-order chi connectivity index (χ1) is 10.5. The van der Waals surface area contributed by atoms with E-state index in [1.807, 2.05) is 0 Å². The van der Waals surface area contributed by atoms with Crippen LogP contribution in [-0.2, 0) is 0 Å². The van der Waals surface area contributed by atoms with Crippen LogP contribution in [0, 0.1) is 44.9 Å². The van der Waals surface area contributed by atoms with Crippen molar-refractivity contribution in [2.45, 2.75) is 53.4 Å². The Morgan fingerprint density at radius 3 is 1.32 bits per heavy atom. The Morgan fingerprint density at radius 2 is 1.09 bits per heavy atom. The lowest BCUT2D eigenvalue weighted by Gasteiger charge is -2.23. The van der Waals surface area contributed by atoms with E-state index >= 15 is 0 Å². The summed E-state index contributed by atoms with van der Waals surface area (Å²) < 4.78 is 0. The van der Waals surface area contributed by atoms with Crippen molar-refractivity contribution >= 4 is 13.4 Å². The summed E-state index contributed by atoms with van der Waals surface area (Å²) >= 11 is 0. The third-order valence-electron chi connectivity index (χ3n) is 4.27. The zero-order chi connectivity index (χ0) is 17.5. The molecule has 0 saturated heterocycles. The number of hydrogen-bond acceptors (Lipinski definition) is 4. The van der Waals surface area contributed by atoms with Gasteiger partial charge in [-0.15, -0.1) is 23.9 Å². The Bertz CT molecular complexity index is 391. The fourth-order valence-corrected chi connectivity index (χ4v) is 5.38. The lowest BCUT2D eigenvalue weighted by atomic mass is 9.30. The van der Waals surface area contributed by atoms with Gasteiger partial charge in [-0.3, -0.25) is 0 Å². The molecule has 0 bridgehead atoms. The van der Waals surface area contributed by atoms with Gasteiger partial charge in [0.05, 0.1) is 24.6 Å². The molecule has 0 fully saturated rings. The van der Waals surface area contributed by atoms with Gasteiger partial charge in [0, 0.05) is 7.26 Å². The lowest BCUT2D eigenvalue weighted by molar-refractivity contribution is 0.703. The Hall–Kier alpha value is -1.55. The molecule has 0 radical (unpaired) electrons. The summed E-state index contributed by atoms with van der Waals surface area (Å²) in [7, 11) is -0.479. The van der Waals surface area contributed by atoms with Crippen molar-refractivity contribution in [2.24, 2.45) is 0 Å². The molecular weight excluding hydrogens is 290 g/mol. The second-order valence-electron chi connectivity index (χ2n) is 5.46. The second-order valence-corrected chi connectivity index (χ2v) is 10.5. The molecule has 0 aromatic carbocycles. The first kappa shape index (κ1) is 22.7. The van der Waals surface area contributed by atoms with Crippen LogP contribution in [0.5, 0.6) is 0 Å². The van der Waals surface area contributed by atoms with Crippen molar-refractivity contribution in [3.8, 4) is 23.9 Å². The topological polar surface area (TPSA) is 95.2 Å². The van der Waals surface area contributed by atoms with Gasteiger partial charge >= 0.3 is 6.15 Å². The maximum atomic E-state index is 8.09. The molecule has 0 amide bonds. The molecule has 0 aliphatic rings. The fraction of sp³-hybridized carbons (Fsp3) is 0.750. The average Bonchev–Trinajstić information content (AvgIpc) is 2.59. The molecular formula is C16H28BN4P. The summed E-state index contributed by atoms with van der Waals surface area (Å²) in [6.45, 7) is 9.50. The van der Waals surface area contributed by atoms with Gasteiger partial charge in [-0.05, 0) is 33.6 Å². The monoisotopic (exact) mass is 318 g/mol. The van der Waals surface area contributed by atoms with Crippen LogP contribution in [0.2, 0.25) is 0 Å². The highest BCUT2D eigenvalue weighted by atomic mass is 31.2. The van der Waals surface area contributed by atoms with E-state index < -0.39 is 13.4 Å². The zero-order valence-corrected chi connectivity index (χ0v) is 15.4. The van der Waals surface area contributed by atoms with Gasteiger partial charge in [-0.25, -0.2) is 21.0 Å². The molecule has 0 rings (SSSR count). The van der Waals surface area contributed by atoms with Crippen LogP contribution in [0.15, 0.2) is 0 Å². The van der Waals surface area contributed by atoms with Gasteiger partial charge < -0.3 is 0 Å². The number of hydrogen-bond donors (Lipinski definition) is 0. The number of nitrogens with zero attached hydrogens (tertiary/aromatic N) is 4. The standard InChI is InChI=1S/C12H28P.C4BN4/c1-5-9-10-11-12-13(6-2,7-3)8-4;6-1-5(2-7,3-8)4-9/h5-12H2,1-4H3;/q+1;-1. The molecule has 6 heteroatoms. The quantitative estimate of drug-likeness (QED) is 0.378. The molecule has 0 aliphatic heterocycles. The highest BCUT2D eigenvalue weighted by Crippen LogP contribution is 2.58. The van der Waals surface area contributed by atoms with Crippen molar-refractivity contribution in [2.75, 3.05) is 24.6 Å². The Kier molecular flexibility index (Phi) is 13.6. The molecule has 22 heavy (non-hydrogen) atoms. The molecule has 120 valence electrons. The van der Waals surface area contributed by atoms with Crippen LogP contribution in [0.1, 0.15) is 53.4 Å². The third kappa shape index (κ3) is 8.03. The van der Waals surface area contributed by atoms with E-state index in [1.54, 1.807) is 6.16 Å². The molecule has 0 saturated carbocycles. The van der Waals surface area contributed by atoms with E-state index in [2.05, 4.69) is 27.7 Å². The van der Waals surface area contributed by atoms with Gasteiger partial charge in [-0.1, -0.05) is 19.8 Å². The van der Waals surface area contributed by atoms with Gasteiger partial charge in [0.1, 0.15) is 0 Å². The van der Waals surface area contributed by atoms with Gasteiger partial charge in [0.25, 0.3) is 0 Å². The SMILES string of the molecule is CCCCCC[P+](CC)(CC)CC.N#C[B-](C#N)(C#N)C#N. The van der Waals surface area contributed by atoms with Crippen LogP contribution >= 0.6 is 7.26 Å². The minimum atomic E-state index is -2.72. The summed E-state index contributed by atoms with van der Waals surface area (Å²) in [4.78, 5) is 0. The Balaban J connectivity index is 0. The maximum absolute atomic E-state index is 8.09. The molecule has 4 nitrogen and oxygen atoms in total. The van der Waals surface area contributed by atoms with Crippen molar-refractivity contribution < 1.29 is 0 Å². The highest BCUT2D eigenvalue weighted by molar-refractivity contribution is 7.75. The molecule has 0 atom stereocenters. The van der Waals surface area contributed by atoms with Crippen molar-refractivity contribution in [3.05, 3.63) is 0 Å². The van der Waals surface area contributed by atoms with E-state index in [9.17, 15) is 0 Å². The van der Waals surface area contributed by atoms with Crippen molar-refractivity contribution in [1.29, 1.82) is 21.0 Å². The first-order valence-electron chi connectivity index (χ1n) is 8.14. The molecule has 0 heterocycles. The van der Waals surface area contributed by atoms with Crippen LogP contribution < -0.4 is 0 Å². The first-order valence-corrected chi connectivity index (χ1v) is 10.7. The second kappa shape index (κ2) is 13.1. The molecule has 0 aliphatic carbocycles. The minimum absolute atomic E-state index is 0.479. The lowest BCUT2D eigenvalue weighted by Crippen LogP contribution is -2.26. The predicted molar refractivity (Wildman–Crippen MR) is 95.8 cm³/mol. The maximum Gasteiger partial charge on any atom is 0.383 e. The van der Waals surface area contributed by atoms with Gasteiger partial charge in [0.2, 0.25) is 0 Å². The molecule has 0 unspecified atom stereocenters. The third-order valence-corrected chi connectivity index (χ3v) is 9.56. The Labute approximate surface area is 137 Å². The fourth-order valence-electron chi connectivity index (χ4n) is 2.19. The van der Waals surface area contributed by atoms with Crippen molar-refractivity contribution in [1.82, 2.24) is 0 Å². The van der Waals surface area contributed by atoms with Gasteiger partial charge in [-0.2, -0.15) is 0 Å². The number of nitriles is 4. The average molecular weight is 318 g/mol. The van der Waals surface area contributed by atoms with E-state index in [-0.39, 0.29) is 0 Å². The number of rotatable bonds is 8. The molecule has 0 aromatic heterocycles. The van der Waals surface area contributed by atoms with Gasteiger partial charge in [0.15, 0.2) is 0 Å². The largest absolute Gasteiger partial charge is 0.383 e. The summed E-state index contributed by atoms with van der Waals surface area (Å²) in [5.41, 5.74) is 0. The van der Waals surface area contributed by atoms with Crippen molar-refractivity contribution in [3.63, 3.8) is 0 Å². The smallest absolute Gasteiger partial charge is 0.245 e. The number of unbranched alkanes of at least 4 members (excludes halogenated alkanes) is 3. The van der Waals surface area contributed by atoms with E-state index in [0.717, 1.165) is 0 Å². The van der Waals surface area contributed by atoms with Crippen LogP contribution in [-0.4, -0.2) is 30.8 Å². The van der Waals surface area contributed by atoms with E-state index in [1.165, 1.54) is 68.0 Å². The zero-order valence-electron chi connectivity index (χ0n) is 14.5. The normalized spacial score (nSPS) is 10.2. The van der Waals surface area contributed by atoms with Crippen LogP contribution in [0.4, 0.5) is 0 Å². The highest BCUT2D eigenvalue weighted by Gasteiger charge is 2.29. The van der Waals surface area contributed by atoms with Crippen LogP contribution in [0.3, 0.4) is 0 Å².